The first-order valence-corrected chi connectivity index (χ1v) is 11.6. The molecule has 4 aromatic carbocycles. The van der Waals surface area contributed by atoms with Gasteiger partial charge in [0.2, 0.25) is 0 Å². The highest BCUT2D eigenvalue weighted by molar-refractivity contribution is 5.69. The van der Waals surface area contributed by atoms with Gasteiger partial charge in [0.15, 0.2) is 11.2 Å². The maximum atomic E-state index is 12.7. The van der Waals surface area contributed by atoms with Crippen molar-refractivity contribution in [1.29, 1.82) is 0 Å². The first kappa shape index (κ1) is 24.0. The van der Waals surface area contributed by atoms with Gasteiger partial charge in [-0.3, -0.25) is 9.59 Å². The second kappa shape index (κ2) is 10.4. The molecule has 0 amide bonds. The van der Waals surface area contributed by atoms with Gasteiger partial charge in [0, 0.05) is 42.5 Å². The largest absolute Gasteiger partial charge is 0.449 e. The maximum Gasteiger partial charge on any atom is 0.303 e. The van der Waals surface area contributed by atoms with Crippen LogP contribution in [0.4, 0.5) is 0 Å². The summed E-state index contributed by atoms with van der Waals surface area (Å²) < 4.78 is 12.5. The van der Waals surface area contributed by atoms with E-state index in [0.29, 0.717) is 0 Å². The van der Waals surface area contributed by atoms with E-state index in [1.54, 1.807) is 0 Å². The van der Waals surface area contributed by atoms with Gasteiger partial charge in [0.25, 0.3) is 0 Å². The van der Waals surface area contributed by atoms with Crippen LogP contribution in [0.2, 0.25) is 0 Å². The summed E-state index contributed by atoms with van der Waals surface area (Å²) in [5.74, 6) is -0.869. The molecular formula is C31H28O4. The quantitative estimate of drug-likeness (QED) is 0.284. The molecule has 0 unspecified atom stereocenters. The number of benzene rings is 4. The van der Waals surface area contributed by atoms with Crippen LogP contribution >= 0.6 is 0 Å². The Morgan fingerprint density at radius 1 is 0.486 bits per heavy atom. The summed E-state index contributed by atoms with van der Waals surface area (Å²) in [6.07, 6.45) is 0.140. The van der Waals surface area contributed by atoms with Crippen LogP contribution < -0.4 is 0 Å². The lowest BCUT2D eigenvalue weighted by Crippen LogP contribution is -2.44. The molecule has 0 aliphatic carbocycles. The minimum atomic E-state index is -1.24. The number of hydrogen-bond acceptors (Lipinski definition) is 4. The van der Waals surface area contributed by atoms with Gasteiger partial charge in [-0.15, -0.1) is 0 Å². The molecule has 176 valence electrons. The molecule has 4 nitrogen and oxygen atoms in total. The second-order valence-electron chi connectivity index (χ2n) is 8.48. The van der Waals surface area contributed by atoms with Crippen molar-refractivity contribution in [1.82, 2.24) is 0 Å². The summed E-state index contributed by atoms with van der Waals surface area (Å²) in [6, 6.07) is 38.4. The predicted octanol–water partition coefficient (Wildman–Crippen LogP) is 6.39. The van der Waals surface area contributed by atoms with Crippen molar-refractivity contribution in [2.45, 2.75) is 31.5 Å². The highest BCUT2D eigenvalue weighted by Crippen LogP contribution is 2.48. The average Bonchev–Trinajstić information content (AvgIpc) is 2.89. The lowest BCUT2D eigenvalue weighted by Gasteiger charge is -2.43. The summed E-state index contributed by atoms with van der Waals surface area (Å²) >= 11 is 0. The molecule has 4 heteroatoms. The molecular weight excluding hydrogens is 436 g/mol. The molecule has 4 aromatic rings. The van der Waals surface area contributed by atoms with Gasteiger partial charge in [-0.25, -0.2) is 0 Å². The van der Waals surface area contributed by atoms with Crippen molar-refractivity contribution in [2.75, 3.05) is 0 Å². The average molecular weight is 465 g/mol. The zero-order valence-corrected chi connectivity index (χ0v) is 19.9. The Morgan fingerprint density at radius 2 is 0.714 bits per heavy atom. The molecule has 0 saturated heterocycles. The van der Waals surface area contributed by atoms with Crippen LogP contribution in [0.1, 0.15) is 42.5 Å². The molecule has 0 bridgehead atoms. The molecule has 35 heavy (non-hydrogen) atoms. The second-order valence-corrected chi connectivity index (χ2v) is 8.48. The van der Waals surface area contributed by atoms with Crippen LogP contribution in [0.3, 0.4) is 0 Å². The third-order valence-corrected chi connectivity index (χ3v) is 6.09. The Kier molecular flexibility index (Phi) is 7.11. The minimum absolute atomic E-state index is 0.140. The van der Waals surface area contributed by atoms with E-state index in [4.69, 9.17) is 9.47 Å². The van der Waals surface area contributed by atoms with E-state index in [2.05, 4.69) is 0 Å². The Bertz CT molecular complexity index is 1070. The molecule has 0 heterocycles. The number of rotatable bonds is 8. The summed E-state index contributed by atoms with van der Waals surface area (Å²) in [5.41, 5.74) is 0.648. The van der Waals surface area contributed by atoms with Crippen molar-refractivity contribution in [2.24, 2.45) is 0 Å². The first-order valence-electron chi connectivity index (χ1n) is 11.6. The fourth-order valence-electron chi connectivity index (χ4n) is 4.72. The molecule has 0 fully saturated rings. The normalized spacial score (nSPS) is 11.5. The van der Waals surface area contributed by atoms with Gasteiger partial charge >= 0.3 is 11.9 Å². The van der Waals surface area contributed by atoms with E-state index in [-0.39, 0.29) is 6.42 Å². The van der Waals surface area contributed by atoms with E-state index >= 15 is 0 Å². The minimum Gasteiger partial charge on any atom is -0.449 e. The fraction of sp³-hybridized carbons (Fsp3) is 0.161. The van der Waals surface area contributed by atoms with Crippen LogP contribution in [0, 0.1) is 0 Å². The SMILES string of the molecule is CC(=O)OC(CC(OC(C)=O)(c1ccccc1)c1ccccc1)(c1ccccc1)c1ccccc1. The zero-order valence-electron chi connectivity index (χ0n) is 19.9. The number of carbonyl (C=O) groups is 2. The van der Waals surface area contributed by atoms with E-state index in [1.807, 2.05) is 121 Å². The number of esters is 2. The number of carbonyl (C=O) groups excluding carboxylic acids is 2. The van der Waals surface area contributed by atoms with Crippen molar-refractivity contribution < 1.29 is 19.1 Å². The van der Waals surface area contributed by atoms with E-state index in [1.165, 1.54) is 13.8 Å². The summed E-state index contributed by atoms with van der Waals surface area (Å²) in [7, 11) is 0. The smallest absolute Gasteiger partial charge is 0.303 e. The van der Waals surface area contributed by atoms with Crippen LogP contribution in [0.15, 0.2) is 121 Å². The molecule has 0 radical (unpaired) electrons. The van der Waals surface area contributed by atoms with Gasteiger partial charge in [0.05, 0.1) is 0 Å². The van der Waals surface area contributed by atoms with Crippen molar-refractivity contribution in [3.8, 4) is 0 Å². The number of hydrogen-bond donors (Lipinski definition) is 0. The Hall–Kier alpha value is -4.18. The van der Waals surface area contributed by atoms with E-state index in [0.717, 1.165) is 22.3 Å². The van der Waals surface area contributed by atoms with Gasteiger partial charge in [0.1, 0.15) is 0 Å². The van der Waals surface area contributed by atoms with E-state index in [9.17, 15) is 9.59 Å². The molecule has 0 N–H and O–H groups in total. The number of ether oxygens (including phenoxy) is 2. The lowest BCUT2D eigenvalue weighted by molar-refractivity contribution is -0.168. The van der Waals surface area contributed by atoms with Gasteiger partial charge in [-0.1, -0.05) is 121 Å². The maximum absolute atomic E-state index is 12.7. The van der Waals surface area contributed by atoms with Gasteiger partial charge < -0.3 is 9.47 Å². The standard InChI is InChI=1S/C31H28O4/c1-24(32)34-30(26-15-7-3-8-16-26,27-17-9-4-10-18-27)23-31(35-25(2)33,28-19-11-5-12-20-28)29-21-13-6-14-22-29/h3-22H,23H2,1-2H3. The Balaban J connectivity index is 2.07. The van der Waals surface area contributed by atoms with Gasteiger partial charge in [-0.2, -0.15) is 0 Å². The van der Waals surface area contributed by atoms with Crippen molar-refractivity contribution in [3.05, 3.63) is 144 Å². The highest BCUT2D eigenvalue weighted by Gasteiger charge is 2.50. The van der Waals surface area contributed by atoms with Crippen LogP contribution in [-0.2, 0) is 30.3 Å². The Morgan fingerprint density at radius 3 is 0.914 bits per heavy atom. The molecule has 0 aliphatic rings. The summed E-state index contributed by atoms with van der Waals surface area (Å²) in [6.45, 7) is 2.80. The topological polar surface area (TPSA) is 52.6 Å². The highest BCUT2D eigenvalue weighted by atomic mass is 16.6. The summed E-state index contributed by atoms with van der Waals surface area (Å²) in [5, 5.41) is 0. The predicted molar refractivity (Wildman–Crippen MR) is 135 cm³/mol. The first-order chi connectivity index (χ1) is 17.0. The molecule has 0 atom stereocenters. The molecule has 4 rings (SSSR count). The summed E-state index contributed by atoms with van der Waals surface area (Å²) in [4.78, 5) is 25.3. The van der Waals surface area contributed by atoms with Crippen LogP contribution in [-0.4, -0.2) is 11.9 Å². The molecule has 0 spiro atoms. The fourth-order valence-corrected chi connectivity index (χ4v) is 4.72. The molecule has 0 aromatic heterocycles. The molecule has 0 saturated carbocycles. The third kappa shape index (κ3) is 5.02. The van der Waals surface area contributed by atoms with E-state index < -0.39 is 23.1 Å². The van der Waals surface area contributed by atoms with Crippen LogP contribution in [0.25, 0.3) is 0 Å². The van der Waals surface area contributed by atoms with Crippen LogP contribution in [0.5, 0.6) is 0 Å². The zero-order chi connectivity index (χ0) is 24.7. The van der Waals surface area contributed by atoms with Gasteiger partial charge in [-0.05, 0) is 0 Å². The lowest BCUT2D eigenvalue weighted by atomic mass is 9.72. The molecule has 0 aliphatic heterocycles. The van der Waals surface area contributed by atoms with Crippen molar-refractivity contribution in [3.63, 3.8) is 0 Å². The monoisotopic (exact) mass is 464 g/mol. The Labute approximate surface area is 206 Å². The third-order valence-electron chi connectivity index (χ3n) is 6.09. The van der Waals surface area contributed by atoms with Crippen molar-refractivity contribution >= 4 is 11.9 Å².